The van der Waals surface area contributed by atoms with Crippen molar-refractivity contribution in [2.75, 3.05) is 14.2 Å². The fraction of sp³-hybridized carbons (Fsp3) is 0.357. The molecule has 2 aromatic rings. The van der Waals surface area contributed by atoms with Crippen molar-refractivity contribution in [3.05, 3.63) is 41.8 Å². The first kappa shape index (κ1) is 13.4. The number of hydrogen-bond acceptors (Lipinski definition) is 5. The Labute approximate surface area is 112 Å². The Morgan fingerprint density at radius 3 is 2.74 bits per heavy atom. The highest BCUT2D eigenvalue weighted by Gasteiger charge is 2.13. The van der Waals surface area contributed by atoms with E-state index in [2.05, 4.69) is 17.4 Å². The average Bonchev–Trinajstić information content (AvgIpc) is 2.97. The molecule has 5 nitrogen and oxygen atoms in total. The first-order chi connectivity index (χ1) is 9.24. The molecule has 0 aliphatic heterocycles. The van der Waals surface area contributed by atoms with E-state index in [4.69, 9.17) is 14.0 Å². The zero-order valence-electron chi connectivity index (χ0n) is 11.3. The predicted molar refractivity (Wildman–Crippen MR) is 71.3 cm³/mol. The van der Waals surface area contributed by atoms with Crippen molar-refractivity contribution in [3.8, 4) is 11.5 Å². The van der Waals surface area contributed by atoms with Gasteiger partial charge in [-0.15, -0.1) is 0 Å². The number of aromatic nitrogens is 1. The molecule has 102 valence electrons. The molecule has 0 saturated heterocycles. The summed E-state index contributed by atoms with van der Waals surface area (Å²) >= 11 is 0. The number of methoxy groups -OCH3 is 2. The van der Waals surface area contributed by atoms with Gasteiger partial charge in [0, 0.05) is 17.7 Å². The van der Waals surface area contributed by atoms with Crippen LogP contribution in [0, 0.1) is 0 Å². The Bertz CT molecular complexity index is 511. The molecule has 0 fully saturated rings. The molecule has 1 aromatic carbocycles. The minimum absolute atomic E-state index is 0.107. The van der Waals surface area contributed by atoms with Crippen LogP contribution < -0.4 is 14.8 Å². The van der Waals surface area contributed by atoms with Crippen molar-refractivity contribution in [2.24, 2.45) is 0 Å². The molecule has 0 radical (unpaired) electrons. The lowest BCUT2D eigenvalue weighted by Crippen LogP contribution is -2.18. The van der Waals surface area contributed by atoms with Gasteiger partial charge in [0.15, 0.2) is 0 Å². The lowest BCUT2D eigenvalue weighted by molar-refractivity contribution is 0.361. The maximum atomic E-state index is 5.37. The number of benzene rings is 1. The zero-order chi connectivity index (χ0) is 13.7. The van der Waals surface area contributed by atoms with Crippen molar-refractivity contribution in [3.63, 3.8) is 0 Å². The van der Waals surface area contributed by atoms with Gasteiger partial charge in [0.25, 0.3) is 0 Å². The monoisotopic (exact) mass is 262 g/mol. The number of ether oxygens (including phenoxy) is 2. The third-order valence-electron chi connectivity index (χ3n) is 2.98. The van der Waals surface area contributed by atoms with Gasteiger partial charge in [-0.25, -0.2) is 0 Å². The van der Waals surface area contributed by atoms with Crippen molar-refractivity contribution < 1.29 is 14.0 Å². The van der Waals surface area contributed by atoms with Gasteiger partial charge < -0.3 is 19.3 Å². The van der Waals surface area contributed by atoms with Crippen LogP contribution in [-0.2, 0) is 6.54 Å². The SMILES string of the molecule is COc1ccc(OC)c(C(C)NCc2ccno2)c1. The van der Waals surface area contributed by atoms with E-state index < -0.39 is 0 Å². The maximum Gasteiger partial charge on any atom is 0.150 e. The third-order valence-corrected chi connectivity index (χ3v) is 2.98. The van der Waals surface area contributed by atoms with Crippen LogP contribution in [0.2, 0.25) is 0 Å². The second-order valence-electron chi connectivity index (χ2n) is 4.19. The summed E-state index contributed by atoms with van der Waals surface area (Å²) in [5.41, 5.74) is 1.04. The van der Waals surface area contributed by atoms with Gasteiger partial charge in [-0.1, -0.05) is 5.16 Å². The molecule has 1 atom stereocenters. The van der Waals surface area contributed by atoms with Crippen LogP contribution in [0.1, 0.15) is 24.3 Å². The molecule has 0 saturated carbocycles. The Kier molecular flexibility index (Phi) is 4.41. The van der Waals surface area contributed by atoms with Gasteiger partial charge in [-0.3, -0.25) is 0 Å². The van der Waals surface area contributed by atoms with E-state index in [-0.39, 0.29) is 6.04 Å². The van der Waals surface area contributed by atoms with Crippen LogP contribution in [0.3, 0.4) is 0 Å². The predicted octanol–water partition coefficient (Wildman–Crippen LogP) is 2.54. The van der Waals surface area contributed by atoms with E-state index in [0.29, 0.717) is 6.54 Å². The quantitative estimate of drug-likeness (QED) is 0.867. The highest BCUT2D eigenvalue weighted by molar-refractivity contribution is 5.42. The van der Waals surface area contributed by atoms with Crippen LogP contribution in [0.4, 0.5) is 0 Å². The van der Waals surface area contributed by atoms with Crippen molar-refractivity contribution in [1.29, 1.82) is 0 Å². The fourth-order valence-corrected chi connectivity index (χ4v) is 1.87. The van der Waals surface area contributed by atoms with E-state index >= 15 is 0 Å². The summed E-state index contributed by atoms with van der Waals surface area (Å²) in [5.74, 6) is 2.44. The molecular formula is C14H18N2O3. The summed E-state index contributed by atoms with van der Waals surface area (Å²) < 4.78 is 15.7. The molecule has 0 aliphatic carbocycles. The molecule has 0 bridgehead atoms. The summed E-state index contributed by atoms with van der Waals surface area (Å²) in [6.45, 7) is 2.68. The minimum atomic E-state index is 0.107. The van der Waals surface area contributed by atoms with Crippen LogP contribution >= 0.6 is 0 Å². The van der Waals surface area contributed by atoms with Crippen LogP contribution in [-0.4, -0.2) is 19.4 Å². The maximum absolute atomic E-state index is 5.37. The molecular weight excluding hydrogens is 244 g/mol. The van der Waals surface area contributed by atoms with Gasteiger partial charge in [-0.2, -0.15) is 0 Å². The molecule has 1 N–H and O–H groups in total. The minimum Gasteiger partial charge on any atom is -0.497 e. The first-order valence-electron chi connectivity index (χ1n) is 6.09. The topological polar surface area (TPSA) is 56.5 Å². The van der Waals surface area contributed by atoms with Gasteiger partial charge in [-0.05, 0) is 25.1 Å². The average molecular weight is 262 g/mol. The van der Waals surface area contributed by atoms with Crippen LogP contribution in [0.15, 0.2) is 35.0 Å². The second kappa shape index (κ2) is 6.24. The number of hydrogen-bond donors (Lipinski definition) is 1. The fourth-order valence-electron chi connectivity index (χ4n) is 1.87. The summed E-state index contributed by atoms with van der Waals surface area (Å²) in [4.78, 5) is 0. The van der Waals surface area contributed by atoms with E-state index in [9.17, 15) is 0 Å². The molecule has 1 heterocycles. The highest BCUT2D eigenvalue weighted by Crippen LogP contribution is 2.29. The van der Waals surface area contributed by atoms with Gasteiger partial charge in [0.2, 0.25) is 0 Å². The Hall–Kier alpha value is -2.01. The van der Waals surface area contributed by atoms with Gasteiger partial charge in [0.05, 0.1) is 27.0 Å². The number of nitrogens with one attached hydrogen (secondary N) is 1. The second-order valence-corrected chi connectivity index (χ2v) is 4.19. The normalized spacial score (nSPS) is 12.2. The Morgan fingerprint density at radius 1 is 1.26 bits per heavy atom. The largest absolute Gasteiger partial charge is 0.497 e. The molecule has 19 heavy (non-hydrogen) atoms. The van der Waals surface area contributed by atoms with E-state index in [0.717, 1.165) is 22.8 Å². The molecule has 1 aromatic heterocycles. The van der Waals surface area contributed by atoms with E-state index in [1.165, 1.54) is 0 Å². The van der Waals surface area contributed by atoms with Crippen molar-refractivity contribution >= 4 is 0 Å². The molecule has 2 rings (SSSR count). The lowest BCUT2D eigenvalue weighted by atomic mass is 10.1. The van der Waals surface area contributed by atoms with Gasteiger partial charge >= 0.3 is 0 Å². The molecule has 0 spiro atoms. The molecule has 0 aliphatic rings. The summed E-state index contributed by atoms with van der Waals surface area (Å²) in [7, 11) is 3.31. The zero-order valence-corrected chi connectivity index (χ0v) is 11.3. The third kappa shape index (κ3) is 3.26. The summed E-state index contributed by atoms with van der Waals surface area (Å²) in [6.07, 6.45) is 1.63. The summed E-state index contributed by atoms with van der Waals surface area (Å²) in [5, 5.41) is 7.03. The Balaban J connectivity index is 2.10. The number of rotatable bonds is 6. The smallest absolute Gasteiger partial charge is 0.150 e. The van der Waals surface area contributed by atoms with Crippen molar-refractivity contribution in [2.45, 2.75) is 19.5 Å². The van der Waals surface area contributed by atoms with Crippen LogP contribution in [0.5, 0.6) is 11.5 Å². The van der Waals surface area contributed by atoms with E-state index in [1.807, 2.05) is 24.3 Å². The van der Waals surface area contributed by atoms with E-state index in [1.54, 1.807) is 20.4 Å². The first-order valence-corrected chi connectivity index (χ1v) is 6.09. The highest BCUT2D eigenvalue weighted by atomic mass is 16.5. The molecule has 1 unspecified atom stereocenters. The Morgan fingerprint density at radius 2 is 2.11 bits per heavy atom. The van der Waals surface area contributed by atoms with Crippen LogP contribution in [0.25, 0.3) is 0 Å². The molecule has 5 heteroatoms. The van der Waals surface area contributed by atoms with Crippen molar-refractivity contribution in [1.82, 2.24) is 10.5 Å². The standard InChI is InChI=1S/C14H18N2O3/c1-10(15-9-12-6-7-16-19-12)13-8-11(17-2)4-5-14(13)18-3/h4-8,10,15H,9H2,1-3H3. The lowest BCUT2D eigenvalue weighted by Gasteiger charge is -2.17. The number of nitrogens with zero attached hydrogens (tertiary/aromatic N) is 1. The van der Waals surface area contributed by atoms with Gasteiger partial charge in [0.1, 0.15) is 17.3 Å². The summed E-state index contributed by atoms with van der Waals surface area (Å²) in [6, 6.07) is 7.70. The molecule has 0 amide bonds.